The fraction of sp³-hybridized carbons (Fsp3) is 0.167. The van der Waals surface area contributed by atoms with Crippen LogP contribution in [0.3, 0.4) is 0 Å². The number of benzene rings is 1. The first-order valence-electron chi connectivity index (χ1n) is 4.89. The maximum Gasteiger partial charge on any atom is 0.321 e. The molecule has 2 rings (SSSR count). The molecule has 0 saturated heterocycles. The van der Waals surface area contributed by atoms with E-state index in [-0.39, 0.29) is 0 Å². The van der Waals surface area contributed by atoms with Crippen LogP contribution in [0.25, 0.3) is 0 Å². The van der Waals surface area contributed by atoms with E-state index in [1.165, 1.54) is 5.56 Å². The summed E-state index contributed by atoms with van der Waals surface area (Å²) in [7, 11) is 0. The minimum Gasteiger partial charge on any atom is -0.424 e. The molecule has 0 radical (unpaired) electrons. The third-order valence-electron chi connectivity index (χ3n) is 2.07. The minimum atomic E-state index is 0.331. The van der Waals surface area contributed by atoms with E-state index in [9.17, 15) is 0 Å². The van der Waals surface area contributed by atoms with Crippen LogP contribution in [0.1, 0.15) is 11.1 Å². The topological polar surface area (TPSA) is 35.0 Å². The molecule has 2 aromatic rings. The van der Waals surface area contributed by atoms with Crippen molar-refractivity contribution in [2.45, 2.75) is 12.8 Å². The fourth-order valence-electron chi connectivity index (χ4n) is 1.18. The van der Waals surface area contributed by atoms with Gasteiger partial charge in [-0.3, -0.25) is 0 Å². The van der Waals surface area contributed by atoms with Crippen LogP contribution in [-0.4, -0.2) is 9.97 Å². The van der Waals surface area contributed by atoms with E-state index >= 15 is 0 Å². The average Bonchev–Trinajstić information content (AvgIpc) is 2.33. The molecule has 0 N–H and O–H groups in total. The summed E-state index contributed by atoms with van der Waals surface area (Å²) in [6, 6.07) is 8.05. The molecule has 0 atom stereocenters. The molecule has 0 aliphatic carbocycles. The van der Waals surface area contributed by atoms with Crippen molar-refractivity contribution in [3.8, 4) is 11.8 Å². The van der Waals surface area contributed by atoms with Crippen molar-refractivity contribution in [2.75, 3.05) is 0 Å². The summed E-state index contributed by atoms with van der Waals surface area (Å²) < 4.78 is 5.47. The predicted octanol–water partition coefficient (Wildman–Crippen LogP) is 3.32. The number of hydrogen-bond acceptors (Lipinski definition) is 3. The van der Waals surface area contributed by atoms with Gasteiger partial charge >= 0.3 is 6.01 Å². The van der Waals surface area contributed by atoms with Gasteiger partial charge in [-0.2, -0.15) is 0 Å². The monoisotopic (exact) mass is 234 g/mol. The summed E-state index contributed by atoms with van der Waals surface area (Å²) in [6.07, 6.45) is 3.31. The van der Waals surface area contributed by atoms with Gasteiger partial charge in [0.15, 0.2) is 0 Å². The van der Waals surface area contributed by atoms with Crippen LogP contribution in [0.15, 0.2) is 36.7 Å². The van der Waals surface area contributed by atoms with Gasteiger partial charge in [-0.15, -0.1) is 11.6 Å². The van der Waals surface area contributed by atoms with Crippen LogP contribution < -0.4 is 4.74 Å². The van der Waals surface area contributed by atoms with Gasteiger partial charge in [0.25, 0.3) is 0 Å². The lowest BCUT2D eigenvalue weighted by Gasteiger charge is -2.03. The molecule has 0 bridgehead atoms. The molecule has 0 spiro atoms. The van der Waals surface area contributed by atoms with Gasteiger partial charge in [0, 0.05) is 18.0 Å². The van der Waals surface area contributed by atoms with Gasteiger partial charge in [0.1, 0.15) is 5.75 Å². The summed E-state index contributed by atoms with van der Waals surface area (Å²) >= 11 is 5.64. The molecule has 3 nitrogen and oxygen atoms in total. The molecule has 82 valence electrons. The molecule has 4 heteroatoms. The van der Waals surface area contributed by atoms with E-state index in [1.54, 1.807) is 12.4 Å². The zero-order chi connectivity index (χ0) is 11.4. The molecule has 1 aromatic heterocycles. The van der Waals surface area contributed by atoms with Gasteiger partial charge in [0.2, 0.25) is 0 Å². The zero-order valence-corrected chi connectivity index (χ0v) is 9.61. The Morgan fingerprint density at radius 1 is 1.12 bits per heavy atom. The van der Waals surface area contributed by atoms with Crippen LogP contribution in [0.2, 0.25) is 0 Å². The van der Waals surface area contributed by atoms with Crippen molar-refractivity contribution in [1.82, 2.24) is 9.97 Å². The Labute approximate surface area is 99.1 Å². The van der Waals surface area contributed by atoms with Crippen LogP contribution in [0, 0.1) is 6.92 Å². The molecule has 1 heterocycles. The molecule has 16 heavy (non-hydrogen) atoms. The Morgan fingerprint density at radius 3 is 2.31 bits per heavy atom. The zero-order valence-electron chi connectivity index (χ0n) is 8.85. The lowest BCUT2D eigenvalue weighted by molar-refractivity contribution is 0.441. The maximum absolute atomic E-state index is 5.64. The molecule has 1 aromatic carbocycles. The minimum absolute atomic E-state index is 0.331. The summed E-state index contributed by atoms with van der Waals surface area (Å²) in [5.41, 5.74) is 2.06. The number of ether oxygens (including phenoxy) is 1. The Kier molecular flexibility index (Phi) is 3.37. The van der Waals surface area contributed by atoms with Crippen molar-refractivity contribution in [1.29, 1.82) is 0 Å². The Morgan fingerprint density at radius 2 is 1.75 bits per heavy atom. The standard InChI is InChI=1S/C12H11ClN2O/c1-9-2-4-11(5-3-9)16-12-14-7-10(6-13)8-15-12/h2-5,7-8H,6H2,1H3. The van der Waals surface area contributed by atoms with Gasteiger partial charge in [-0.1, -0.05) is 17.7 Å². The maximum atomic E-state index is 5.64. The van der Waals surface area contributed by atoms with Crippen LogP contribution >= 0.6 is 11.6 Å². The molecule has 0 aliphatic rings. The van der Waals surface area contributed by atoms with Crippen LogP contribution in [-0.2, 0) is 5.88 Å². The van der Waals surface area contributed by atoms with E-state index in [1.807, 2.05) is 31.2 Å². The molecular weight excluding hydrogens is 224 g/mol. The second kappa shape index (κ2) is 4.94. The quantitative estimate of drug-likeness (QED) is 0.765. The van der Waals surface area contributed by atoms with Gasteiger partial charge in [0.05, 0.1) is 5.88 Å². The van der Waals surface area contributed by atoms with E-state index in [2.05, 4.69) is 9.97 Å². The van der Waals surface area contributed by atoms with Crippen molar-refractivity contribution < 1.29 is 4.74 Å². The lowest BCUT2D eigenvalue weighted by Crippen LogP contribution is -1.92. The van der Waals surface area contributed by atoms with Crippen molar-refractivity contribution in [2.24, 2.45) is 0 Å². The Balaban J connectivity index is 2.11. The largest absolute Gasteiger partial charge is 0.424 e. The smallest absolute Gasteiger partial charge is 0.321 e. The molecular formula is C12H11ClN2O. The van der Waals surface area contributed by atoms with Gasteiger partial charge < -0.3 is 4.74 Å². The first-order chi connectivity index (χ1) is 7.78. The number of halogens is 1. The summed E-state index contributed by atoms with van der Waals surface area (Å²) in [6.45, 7) is 2.02. The first-order valence-corrected chi connectivity index (χ1v) is 5.43. The van der Waals surface area contributed by atoms with Crippen LogP contribution in [0.5, 0.6) is 11.8 Å². The highest BCUT2D eigenvalue weighted by atomic mass is 35.5. The number of alkyl halides is 1. The second-order valence-corrected chi connectivity index (χ2v) is 3.69. The second-order valence-electron chi connectivity index (χ2n) is 3.42. The number of aromatic nitrogens is 2. The van der Waals surface area contributed by atoms with E-state index in [0.717, 1.165) is 11.3 Å². The van der Waals surface area contributed by atoms with E-state index < -0.39 is 0 Å². The molecule has 0 unspecified atom stereocenters. The highest BCUT2D eigenvalue weighted by molar-refractivity contribution is 6.17. The van der Waals surface area contributed by atoms with Gasteiger partial charge in [-0.25, -0.2) is 9.97 Å². The van der Waals surface area contributed by atoms with Gasteiger partial charge in [-0.05, 0) is 19.1 Å². The molecule has 0 fully saturated rings. The van der Waals surface area contributed by atoms with Crippen LogP contribution in [0.4, 0.5) is 0 Å². The summed E-state index contributed by atoms with van der Waals surface area (Å²) in [4.78, 5) is 8.10. The summed E-state index contributed by atoms with van der Waals surface area (Å²) in [5, 5.41) is 0. The highest BCUT2D eigenvalue weighted by Gasteiger charge is 2.00. The van der Waals surface area contributed by atoms with E-state index in [0.29, 0.717) is 11.9 Å². The molecule has 0 aliphatic heterocycles. The predicted molar refractivity (Wildman–Crippen MR) is 62.8 cm³/mol. The molecule has 0 saturated carbocycles. The van der Waals surface area contributed by atoms with Crippen molar-refractivity contribution in [3.05, 3.63) is 47.8 Å². The fourth-order valence-corrected chi connectivity index (χ4v) is 1.31. The van der Waals surface area contributed by atoms with Crippen molar-refractivity contribution >= 4 is 11.6 Å². The Bertz CT molecular complexity index is 453. The SMILES string of the molecule is Cc1ccc(Oc2ncc(CCl)cn2)cc1. The highest BCUT2D eigenvalue weighted by Crippen LogP contribution is 2.17. The number of hydrogen-bond donors (Lipinski definition) is 0. The number of nitrogens with zero attached hydrogens (tertiary/aromatic N) is 2. The number of rotatable bonds is 3. The molecule has 0 amide bonds. The first kappa shape index (κ1) is 10.9. The normalized spacial score (nSPS) is 10.1. The van der Waals surface area contributed by atoms with Crippen molar-refractivity contribution in [3.63, 3.8) is 0 Å². The third kappa shape index (κ3) is 2.70. The Hall–Kier alpha value is -1.61. The summed E-state index contributed by atoms with van der Waals surface area (Å²) in [5.74, 6) is 1.13. The lowest BCUT2D eigenvalue weighted by atomic mass is 10.2. The number of aryl methyl sites for hydroxylation is 1. The third-order valence-corrected chi connectivity index (χ3v) is 2.37. The average molecular weight is 235 g/mol. The van der Waals surface area contributed by atoms with E-state index in [4.69, 9.17) is 16.3 Å².